The van der Waals surface area contributed by atoms with Crippen LogP contribution in [0.4, 0.5) is 0 Å². The molecule has 1 aromatic rings. The summed E-state index contributed by atoms with van der Waals surface area (Å²) in [5, 5.41) is 0.260. The first-order valence-corrected chi connectivity index (χ1v) is 8.64. The number of aromatic nitrogens is 1. The Hall–Kier alpha value is -1.14. The number of amides is 1. The summed E-state index contributed by atoms with van der Waals surface area (Å²) in [5.41, 5.74) is 1.15. The van der Waals surface area contributed by atoms with Crippen molar-refractivity contribution in [3.63, 3.8) is 0 Å². The molecule has 0 atom stereocenters. The molecule has 0 aromatic carbocycles. The summed E-state index contributed by atoms with van der Waals surface area (Å²) >= 11 is 5.91. The molecule has 0 aliphatic rings. The van der Waals surface area contributed by atoms with E-state index in [-0.39, 0.29) is 29.3 Å². The highest BCUT2D eigenvalue weighted by molar-refractivity contribution is 7.90. The van der Waals surface area contributed by atoms with Crippen LogP contribution < -0.4 is 0 Å². The van der Waals surface area contributed by atoms with E-state index in [2.05, 4.69) is 4.98 Å². The van der Waals surface area contributed by atoms with Crippen LogP contribution in [0.1, 0.15) is 35.8 Å². The number of rotatable bonds is 5. The predicted molar refractivity (Wildman–Crippen MR) is 80.0 cm³/mol. The van der Waals surface area contributed by atoms with Crippen LogP contribution in [0.2, 0.25) is 5.15 Å². The number of sulfone groups is 1. The highest BCUT2D eigenvalue weighted by Gasteiger charge is 2.16. The summed E-state index contributed by atoms with van der Waals surface area (Å²) in [5.74, 6) is -0.174. The van der Waals surface area contributed by atoms with Gasteiger partial charge in [-0.25, -0.2) is 13.4 Å². The Labute approximate surface area is 124 Å². The molecular weight excluding hydrogens is 300 g/mol. The number of pyridine rings is 1. The first-order valence-electron chi connectivity index (χ1n) is 6.21. The number of halogens is 1. The van der Waals surface area contributed by atoms with E-state index in [1.54, 1.807) is 13.1 Å². The highest BCUT2D eigenvalue weighted by Crippen LogP contribution is 2.18. The molecule has 0 aliphatic carbocycles. The number of hydrogen-bond acceptors (Lipinski definition) is 4. The van der Waals surface area contributed by atoms with Gasteiger partial charge in [-0.1, -0.05) is 25.4 Å². The van der Waals surface area contributed by atoms with Gasteiger partial charge in [-0.05, 0) is 18.1 Å². The number of carbonyl (C=O) groups is 1. The lowest BCUT2D eigenvalue weighted by Crippen LogP contribution is -2.31. The lowest BCUT2D eigenvalue weighted by atomic mass is 10.1. The monoisotopic (exact) mass is 318 g/mol. The topological polar surface area (TPSA) is 67.3 Å². The normalized spacial score (nSPS) is 11.7. The minimum absolute atomic E-state index is 0.0644. The van der Waals surface area contributed by atoms with Gasteiger partial charge in [0.15, 0.2) is 0 Å². The predicted octanol–water partition coefficient (Wildman–Crippen LogP) is 1.98. The van der Waals surface area contributed by atoms with Gasteiger partial charge in [-0.15, -0.1) is 0 Å². The van der Waals surface area contributed by atoms with Crippen LogP contribution in [0.15, 0.2) is 12.1 Å². The van der Waals surface area contributed by atoms with Gasteiger partial charge in [-0.3, -0.25) is 4.79 Å². The molecular formula is C13H19ClN2O3S. The molecule has 1 aromatic heterocycles. The fourth-order valence-corrected chi connectivity index (χ4v) is 2.38. The quantitative estimate of drug-likeness (QED) is 0.778. The summed E-state index contributed by atoms with van der Waals surface area (Å²) in [7, 11) is -1.53. The second-order valence-electron chi connectivity index (χ2n) is 5.11. The van der Waals surface area contributed by atoms with Crippen molar-refractivity contribution in [2.24, 2.45) is 0 Å². The van der Waals surface area contributed by atoms with Crippen LogP contribution in [0.5, 0.6) is 0 Å². The van der Waals surface area contributed by atoms with Crippen molar-refractivity contribution in [2.45, 2.75) is 19.8 Å². The Morgan fingerprint density at radius 1 is 1.40 bits per heavy atom. The van der Waals surface area contributed by atoms with Crippen LogP contribution in [-0.4, -0.2) is 49.8 Å². The molecule has 0 saturated carbocycles. The maximum Gasteiger partial charge on any atom is 0.253 e. The maximum absolute atomic E-state index is 12.2. The third-order valence-electron chi connectivity index (χ3n) is 2.80. The van der Waals surface area contributed by atoms with Crippen molar-refractivity contribution in [3.05, 3.63) is 28.5 Å². The van der Waals surface area contributed by atoms with Gasteiger partial charge in [0, 0.05) is 31.1 Å². The Morgan fingerprint density at radius 3 is 2.50 bits per heavy atom. The first kappa shape index (κ1) is 16.9. The van der Waals surface area contributed by atoms with Gasteiger partial charge < -0.3 is 4.90 Å². The molecule has 1 heterocycles. The minimum Gasteiger partial charge on any atom is -0.341 e. The highest BCUT2D eigenvalue weighted by atomic mass is 35.5. The van der Waals surface area contributed by atoms with E-state index in [9.17, 15) is 13.2 Å². The summed E-state index contributed by atoms with van der Waals surface area (Å²) in [6.45, 7) is 4.06. The van der Waals surface area contributed by atoms with E-state index in [4.69, 9.17) is 11.6 Å². The molecule has 7 heteroatoms. The Balaban J connectivity index is 2.91. The molecule has 0 bridgehead atoms. The zero-order valence-electron chi connectivity index (χ0n) is 12.1. The Kier molecular flexibility index (Phi) is 5.53. The second kappa shape index (κ2) is 6.54. The second-order valence-corrected chi connectivity index (χ2v) is 7.76. The third kappa shape index (κ3) is 5.09. The number of nitrogens with zero attached hydrogens (tertiary/aromatic N) is 2. The van der Waals surface area contributed by atoms with Crippen molar-refractivity contribution in [1.29, 1.82) is 0 Å². The lowest BCUT2D eigenvalue weighted by Gasteiger charge is -2.17. The standard InChI is InChI=1S/C13H19ClN2O3S/c1-9(2)11-7-10(8-12(14)15-11)13(17)16(3)5-6-20(4,18)19/h7-9H,5-6H2,1-4H3. The van der Waals surface area contributed by atoms with Gasteiger partial charge in [0.25, 0.3) is 5.91 Å². The number of hydrogen-bond donors (Lipinski definition) is 0. The molecule has 0 saturated heterocycles. The zero-order chi connectivity index (χ0) is 15.5. The van der Waals surface area contributed by atoms with Crippen molar-refractivity contribution >= 4 is 27.3 Å². The molecule has 1 rings (SSSR count). The SMILES string of the molecule is CC(C)c1cc(C(=O)N(C)CCS(C)(=O)=O)cc(Cl)n1. The molecule has 5 nitrogen and oxygen atoms in total. The van der Waals surface area contributed by atoms with E-state index in [1.165, 1.54) is 11.0 Å². The summed E-state index contributed by atoms with van der Waals surface area (Å²) < 4.78 is 22.2. The van der Waals surface area contributed by atoms with E-state index >= 15 is 0 Å². The maximum atomic E-state index is 12.2. The van der Waals surface area contributed by atoms with Crippen LogP contribution >= 0.6 is 11.6 Å². The smallest absolute Gasteiger partial charge is 0.253 e. The molecule has 0 radical (unpaired) electrons. The van der Waals surface area contributed by atoms with E-state index in [0.29, 0.717) is 5.56 Å². The zero-order valence-corrected chi connectivity index (χ0v) is 13.6. The van der Waals surface area contributed by atoms with Gasteiger partial charge in [-0.2, -0.15) is 0 Å². The van der Waals surface area contributed by atoms with E-state index in [1.807, 2.05) is 13.8 Å². The van der Waals surface area contributed by atoms with E-state index < -0.39 is 9.84 Å². The molecule has 112 valence electrons. The molecule has 0 aliphatic heterocycles. The average Bonchev–Trinajstić information content (AvgIpc) is 2.33. The first-order chi connectivity index (χ1) is 9.10. The molecule has 1 amide bonds. The molecule has 0 fully saturated rings. The van der Waals surface area contributed by atoms with Crippen molar-refractivity contribution in [1.82, 2.24) is 9.88 Å². The largest absolute Gasteiger partial charge is 0.341 e. The number of carbonyl (C=O) groups excluding carboxylic acids is 1. The molecule has 0 unspecified atom stereocenters. The minimum atomic E-state index is -3.10. The van der Waals surface area contributed by atoms with Crippen molar-refractivity contribution in [3.8, 4) is 0 Å². The molecule has 0 N–H and O–H groups in total. The Morgan fingerprint density at radius 2 is 2.00 bits per heavy atom. The van der Waals surface area contributed by atoms with Crippen LogP contribution in [0.25, 0.3) is 0 Å². The average molecular weight is 319 g/mol. The van der Waals surface area contributed by atoms with Gasteiger partial charge >= 0.3 is 0 Å². The third-order valence-corrected chi connectivity index (χ3v) is 3.91. The van der Waals surface area contributed by atoms with Crippen molar-refractivity contribution in [2.75, 3.05) is 25.6 Å². The lowest BCUT2D eigenvalue weighted by molar-refractivity contribution is 0.0803. The fraction of sp³-hybridized carbons (Fsp3) is 0.538. The summed E-state index contributed by atoms with van der Waals surface area (Å²) in [6.07, 6.45) is 1.14. The van der Waals surface area contributed by atoms with Gasteiger partial charge in [0.1, 0.15) is 15.0 Å². The summed E-state index contributed by atoms with van der Waals surface area (Å²) in [6, 6.07) is 3.18. The van der Waals surface area contributed by atoms with Crippen molar-refractivity contribution < 1.29 is 13.2 Å². The molecule has 0 spiro atoms. The van der Waals surface area contributed by atoms with Gasteiger partial charge in [0.05, 0.1) is 5.75 Å². The van der Waals surface area contributed by atoms with Gasteiger partial charge in [0.2, 0.25) is 0 Å². The van der Waals surface area contributed by atoms with E-state index in [0.717, 1.165) is 11.9 Å². The van der Waals surface area contributed by atoms with Crippen LogP contribution in [0, 0.1) is 0 Å². The van der Waals surface area contributed by atoms with Crippen LogP contribution in [-0.2, 0) is 9.84 Å². The molecule has 20 heavy (non-hydrogen) atoms. The van der Waals surface area contributed by atoms with Crippen LogP contribution in [0.3, 0.4) is 0 Å². The fourth-order valence-electron chi connectivity index (χ4n) is 1.56. The summed E-state index contributed by atoms with van der Waals surface area (Å²) in [4.78, 5) is 17.8. The Bertz CT molecular complexity index is 600.